The molecule has 0 radical (unpaired) electrons. The molecule has 0 aliphatic rings. The molecular weight excluding hydrogens is 348 g/mol. The number of para-hydroxylation sites is 1. The number of hydrogen-bond acceptors (Lipinski definition) is 6. The van der Waals surface area contributed by atoms with Crippen LogP contribution in [0, 0.1) is 0 Å². The van der Waals surface area contributed by atoms with Crippen LogP contribution in [0.4, 0.5) is 5.69 Å². The van der Waals surface area contributed by atoms with Crippen LogP contribution in [0.25, 0.3) is 0 Å². The summed E-state index contributed by atoms with van der Waals surface area (Å²) in [7, 11) is 1.29. The van der Waals surface area contributed by atoms with E-state index in [-0.39, 0.29) is 17.1 Å². The third kappa shape index (κ3) is 6.38. The van der Waals surface area contributed by atoms with E-state index in [0.29, 0.717) is 30.3 Å². The first-order valence-corrected chi connectivity index (χ1v) is 8.51. The normalized spacial score (nSPS) is 11.0. The van der Waals surface area contributed by atoms with Crippen LogP contribution in [-0.4, -0.2) is 42.8 Å². The number of rotatable bonds is 7. The predicted octanol–water partition coefficient (Wildman–Crippen LogP) is 3.31. The smallest absolute Gasteiger partial charge is 0.339 e. The van der Waals surface area contributed by atoms with Crippen molar-refractivity contribution < 1.29 is 23.8 Å². The van der Waals surface area contributed by atoms with Crippen LogP contribution in [0.3, 0.4) is 0 Å². The van der Waals surface area contributed by atoms with Crippen molar-refractivity contribution in [3.63, 3.8) is 0 Å². The molecule has 1 aromatic heterocycles. The second kappa shape index (κ2) is 9.14. The van der Waals surface area contributed by atoms with E-state index in [1.54, 1.807) is 36.4 Å². The highest BCUT2D eigenvalue weighted by molar-refractivity contribution is 6.07. The maximum Gasteiger partial charge on any atom is 0.339 e. The van der Waals surface area contributed by atoms with Gasteiger partial charge in [0.15, 0.2) is 0 Å². The number of pyridine rings is 1. The van der Waals surface area contributed by atoms with Crippen LogP contribution < -0.4 is 10.1 Å². The van der Waals surface area contributed by atoms with Gasteiger partial charge in [-0.2, -0.15) is 0 Å². The van der Waals surface area contributed by atoms with Gasteiger partial charge in [0.25, 0.3) is 5.91 Å². The average molecular weight is 372 g/mol. The van der Waals surface area contributed by atoms with Gasteiger partial charge in [-0.05, 0) is 39.0 Å². The molecule has 1 heterocycles. The number of carbonyl (C=O) groups excluding carboxylic acids is 2. The number of nitrogens with one attached hydrogen (secondary N) is 1. The average Bonchev–Trinajstić information content (AvgIpc) is 2.64. The molecule has 1 amide bonds. The van der Waals surface area contributed by atoms with E-state index >= 15 is 0 Å². The maximum atomic E-state index is 12.4. The maximum absolute atomic E-state index is 12.4. The highest BCUT2D eigenvalue weighted by Gasteiger charge is 2.15. The summed E-state index contributed by atoms with van der Waals surface area (Å²) >= 11 is 0. The number of anilines is 1. The molecule has 2 rings (SSSR count). The highest BCUT2D eigenvalue weighted by Crippen LogP contribution is 2.17. The first kappa shape index (κ1) is 20.4. The third-order valence-corrected chi connectivity index (χ3v) is 3.45. The molecule has 0 fully saturated rings. The molecule has 144 valence electrons. The molecule has 1 aromatic carbocycles. The van der Waals surface area contributed by atoms with Gasteiger partial charge < -0.3 is 19.5 Å². The molecule has 0 saturated heterocycles. The number of carbonyl (C=O) groups is 2. The van der Waals surface area contributed by atoms with Gasteiger partial charge in [-0.1, -0.05) is 12.1 Å². The van der Waals surface area contributed by atoms with Crippen LogP contribution in [-0.2, 0) is 9.47 Å². The fourth-order valence-electron chi connectivity index (χ4n) is 2.17. The molecule has 7 heteroatoms. The van der Waals surface area contributed by atoms with Gasteiger partial charge in [-0.25, -0.2) is 9.78 Å². The molecule has 0 aliphatic heterocycles. The SMILES string of the molecule is COC(=O)c1ccccc1NC(=O)c1ccc(OCCOC(C)(C)C)nc1. The molecule has 0 spiro atoms. The monoisotopic (exact) mass is 372 g/mol. The third-order valence-electron chi connectivity index (χ3n) is 3.45. The number of ether oxygens (including phenoxy) is 3. The number of nitrogens with zero attached hydrogens (tertiary/aromatic N) is 1. The summed E-state index contributed by atoms with van der Waals surface area (Å²) in [6, 6.07) is 9.83. The van der Waals surface area contributed by atoms with Crippen molar-refractivity contribution in [3.8, 4) is 5.88 Å². The Hall–Kier alpha value is -2.93. The number of hydrogen-bond donors (Lipinski definition) is 1. The Morgan fingerprint density at radius 3 is 2.44 bits per heavy atom. The van der Waals surface area contributed by atoms with E-state index in [1.165, 1.54) is 13.3 Å². The number of amides is 1. The van der Waals surface area contributed by atoms with Crippen molar-refractivity contribution in [1.29, 1.82) is 0 Å². The zero-order chi connectivity index (χ0) is 19.9. The summed E-state index contributed by atoms with van der Waals surface area (Å²) in [5.41, 5.74) is 0.765. The van der Waals surface area contributed by atoms with E-state index in [2.05, 4.69) is 10.3 Å². The van der Waals surface area contributed by atoms with Gasteiger partial charge in [-0.15, -0.1) is 0 Å². The lowest BCUT2D eigenvalue weighted by Crippen LogP contribution is -2.22. The van der Waals surface area contributed by atoms with E-state index in [0.717, 1.165) is 0 Å². The summed E-state index contributed by atoms with van der Waals surface area (Å²) in [6.07, 6.45) is 1.41. The molecule has 0 atom stereocenters. The second-order valence-electron chi connectivity index (χ2n) is 6.69. The summed E-state index contributed by atoms with van der Waals surface area (Å²) in [5, 5.41) is 2.69. The molecule has 27 heavy (non-hydrogen) atoms. The molecule has 7 nitrogen and oxygen atoms in total. The highest BCUT2D eigenvalue weighted by atomic mass is 16.5. The topological polar surface area (TPSA) is 86.8 Å². The van der Waals surface area contributed by atoms with Gasteiger partial charge in [0.1, 0.15) is 6.61 Å². The van der Waals surface area contributed by atoms with Crippen molar-refractivity contribution >= 4 is 17.6 Å². The van der Waals surface area contributed by atoms with E-state index in [9.17, 15) is 9.59 Å². The van der Waals surface area contributed by atoms with Gasteiger partial charge in [0.2, 0.25) is 5.88 Å². The van der Waals surface area contributed by atoms with Crippen molar-refractivity contribution in [2.45, 2.75) is 26.4 Å². The fraction of sp³-hybridized carbons (Fsp3) is 0.350. The zero-order valence-electron chi connectivity index (χ0n) is 15.9. The van der Waals surface area contributed by atoms with Gasteiger partial charge in [-0.3, -0.25) is 4.79 Å². The number of esters is 1. The van der Waals surface area contributed by atoms with Crippen LogP contribution in [0.15, 0.2) is 42.6 Å². The summed E-state index contributed by atoms with van der Waals surface area (Å²) in [5.74, 6) is -0.509. The largest absolute Gasteiger partial charge is 0.475 e. The molecule has 0 bridgehead atoms. The number of aromatic nitrogens is 1. The number of benzene rings is 1. The Bertz CT molecular complexity index is 782. The Morgan fingerprint density at radius 2 is 1.81 bits per heavy atom. The van der Waals surface area contributed by atoms with E-state index in [1.807, 2.05) is 20.8 Å². The van der Waals surface area contributed by atoms with E-state index < -0.39 is 5.97 Å². The lowest BCUT2D eigenvalue weighted by molar-refractivity contribution is -0.0168. The molecule has 1 N–H and O–H groups in total. The molecule has 0 aliphatic carbocycles. The first-order chi connectivity index (χ1) is 12.8. The van der Waals surface area contributed by atoms with Gasteiger partial charge in [0, 0.05) is 12.3 Å². The minimum atomic E-state index is -0.523. The Kier molecular flexibility index (Phi) is 6.90. The van der Waals surface area contributed by atoms with Crippen LogP contribution >= 0.6 is 0 Å². The molecular formula is C20H24N2O5. The fourth-order valence-corrected chi connectivity index (χ4v) is 2.17. The van der Waals surface area contributed by atoms with Crippen molar-refractivity contribution in [3.05, 3.63) is 53.7 Å². The second-order valence-corrected chi connectivity index (χ2v) is 6.69. The standard InChI is InChI=1S/C20H24N2O5/c1-20(2,3)27-12-11-26-17-10-9-14(13-21-17)18(23)22-16-8-6-5-7-15(16)19(24)25-4/h5-10,13H,11-12H2,1-4H3,(H,22,23). The van der Waals surface area contributed by atoms with E-state index in [4.69, 9.17) is 14.2 Å². The first-order valence-electron chi connectivity index (χ1n) is 8.51. The molecule has 0 unspecified atom stereocenters. The summed E-state index contributed by atoms with van der Waals surface area (Å²) in [6.45, 7) is 6.71. The summed E-state index contributed by atoms with van der Waals surface area (Å²) in [4.78, 5) is 28.3. The lowest BCUT2D eigenvalue weighted by atomic mass is 10.1. The van der Waals surface area contributed by atoms with Gasteiger partial charge in [0.05, 0.1) is 36.1 Å². The lowest BCUT2D eigenvalue weighted by Gasteiger charge is -2.19. The Balaban J connectivity index is 1.95. The van der Waals surface area contributed by atoms with Crippen LogP contribution in [0.2, 0.25) is 0 Å². The minimum Gasteiger partial charge on any atom is -0.475 e. The van der Waals surface area contributed by atoms with Gasteiger partial charge >= 0.3 is 5.97 Å². The van der Waals surface area contributed by atoms with Crippen LogP contribution in [0.1, 0.15) is 41.5 Å². The van der Waals surface area contributed by atoms with Crippen LogP contribution in [0.5, 0.6) is 5.88 Å². The minimum absolute atomic E-state index is 0.223. The summed E-state index contributed by atoms with van der Waals surface area (Å²) < 4.78 is 15.8. The quantitative estimate of drug-likeness (QED) is 0.593. The van der Waals surface area contributed by atoms with Crippen molar-refractivity contribution in [2.75, 3.05) is 25.6 Å². The zero-order valence-corrected chi connectivity index (χ0v) is 15.9. The van der Waals surface area contributed by atoms with Crippen molar-refractivity contribution in [1.82, 2.24) is 4.98 Å². The Morgan fingerprint density at radius 1 is 1.07 bits per heavy atom. The Labute approximate surface area is 158 Å². The number of methoxy groups -OCH3 is 1. The van der Waals surface area contributed by atoms with Crippen molar-refractivity contribution in [2.24, 2.45) is 0 Å². The predicted molar refractivity (Wildman–Crippen MR) is 101 cm³/mol. The molecule has 0 saturated carbocycles. The molecule has 2 aromatic rings.